The van der Waals surface area contributed by atoms with Gasteiger partial charge in [0.05, 0.1) is 0 Å². The largest absolute Gasteiger partial charge is 0.481 e. The molecule has 11 heteroatoms. The summed E-state index contributed by atoms with van der Waals surface area (Å²) in [5, 5.41) is 23.0. The smallest absolute Gasteiger partial charge is 0.466 e. The lowest BCUT2D eigenvalue weighted by molar-refractivity contribution is -0.134. The summed E-state index contributed by atoms with van der Waals surface area (Å²) in [4.78, 5) is 49.7. The maximum Gasteiger partial charge on any atom is 0.466 e. The molecule has 0 unspecified atom stereocenters. The van der Waals surface area contributed by atoms with Crippen molar-refractivity contribution in [1.82, 2.24) is 0 Å². The van der Waals surface area contributed by atoms with Crippen LogP contribution in [0.3, 0.4) is 0 Å². The molecule has 100 valence electrons. The molecule has 0 saturated carbocycles. The molecule has 10 nitrogen and oxygen atoms in total. The lowest BCUT2D eigenvalue weighted by Crippen LogP contribution is -1.91. The van der Waals surface area contributed by atoms with Crippen LogP contribution in [0.25, 0.3) is 0 Å². The molecule has 0 saturated heterocycles. The van der Waals surface area contributed by atoms with E-state index >= 15 is 0 Å². The average molecular weight is 274 g/mol. The molecule has 0 aliphatic heterocycles. The van der Waals surface area contributed by atoms with Crippen LogP contribution in [0, 0.1) is 0 Å². The third-order valence-corrected chi connectivity index (χ3v) is 0.368. The van der Waals surface area contributed by atoms with Crippen molar-refractivity contribution < 1.29 is 48.9 Å². The van der Waals surface area contributed by atoms with Gasteiger partial charge in [-0.3, -0.25) is 4.79 Å². The Morgan fingerprint density at radius 3 is 1.06 bits per heavy atom. The van der Waals surface area contributed by atoms with Gasteiger partial charge >= 0.3 is 19.8 Å². The predicted octanol–water partition coefficient (Wildman–Crippen LogP) is -1.13. The average Bonchev–Trinajstić information content (AvgIpc) is 1.96. The molecular weight excluding hydrogens is 263 g/mol. The Morgan fingerprint density at radius 1 is 0.882 bits per heavy atom. The zero-order valence-electron chi connectivity index (χ0n) is 8.42. The van der Waals surface area contributed by atoms with E-state index in [0.717, 1.165) is 6.92 Å². The lowest BCUT2D eigenvalue weighted by atomic mass is 10.5. The van der Waals surface area contributed by atoms with Gasteiger partial charge in [-0.15, -0.1) is 0 Å². The first kappa shape index (κ1) is 20.6. The fraction of sp³-hybridized carbons (Fsp3) is 0.167. The molecule has 0 fully saturated rings. The number of hydrogen-bond acceptors (Lipinski definition) is 4. The van der Waals surface area contributed by atoms with Gasteiger partial charge in [-0.1, -0.05) is 0 Å². The SMILES string of the molecule is CC(=O)O.O=C(O)C=CC(=O)O.O=P(O)(O)O. The number of carbonyl (C=O) groups is 3. The number of phosphoric acid groups is 1. The van der Waals surface area contributed by atoms with Crippen LogP contribution < -0.4 is 0 Å². The topological polar surface area (TPSA) is 190 Å². The Bertz CT molecular complexity index is 297. The molecule has 6 N–H and O–H groups in total. The highest BCUT2D eigenvalue weighted by Gasteiger charge is 2.00. The van der Waals surface area contributed by atoms with Gasteiger partial charge in [-0.2, -0.15) is 0 Å². The van der Waals surface area contributed by atoms with Crippen molar-refractivity contribution in [2.75, 3.05) is 0 Å². The quantitative estimate of drug-likeness (QED) is 0.265. The molecule has 0 bridgehead atoms. The molecule has 0 aromatic heterocycles. The Hall–Kier alpha value is -1.74. The molecule has 17 heavy (non-hydrogen) atoms. The van der Waals surface area contributed by atoms with E-state index in [9.17, 15) is 9.59 Å². The van der Waals surface area contributed by atoms with Crippen LogP contribution in [0.15, 0.2) is 12.2 Å². The minimum absolute atomic E-state index is 0.558. The summed E-state index contributed by atoms with van der Waals surface area (Å²) in [7, 11) is -4.64. The van der Waals surface area contributed by atoms with Gasteiger partial charge in [0.1, 0.15) is 0 Å². The van der Waals surface area contributed by atoms with Gasteiger partial charge in [0.2, 0.25) is 0 Å². The van der Waals surface area contributed by atoms with Gasteiger partial charge in [0, 0.05) is 19.1 Å². The van der Waals surface area contributed by atoms with Gasteiger partial charge in [-0.25, -0.2) is 14.2 Å². The third-order valence-electron chi connectivity index (χ3n) is 0.368. The molecule has 0 spiro atoms. The first-order valence-corrected chi connectivity index (χ1v) is 5.04. The normalized spacial score (nSPS) is 9.41. The summed E-state index contributed by atoms with van der Waals surface area (Å²) >= 11 is 0. The molecule has 0 rings (SSSR count). The minimum atomic E-state index is -4.64. The van der Waals surface area contributed by atoms with Crippen LogP contribution in [0.1, 0.15) is 6.92 Å². The van der Waals surface area contributed by atoms with Crippen LogP contribution >= 0.6 is 7.82 Å². The molecule has 0 aliphatic carbocycles. The van der Waals surface area contributed by atoms with Gasteiger partial charge in [-0.05, 0) is 0 Å². The van der Waals surface area contributed by atoms with E-state index in [1.807, 2.05) is 0 Å². The number of hydrogen-bond donors (Lipinski definition) is 6. The van der Waals surface area contributed by atoms with E-state index in [4.69, 9.17) is 39.4 Å². The highest BCUT2D eigenvalue weighted by Crippen LogP contribution is 2.25. The zero-order valence-corrected chi connectivity index (χ0v) is 9.31. The van der Waals surface area contributed by atoms with E-state index in [0.29, 0.717) is 12.2 Å². The highest BCUT2D eigenvalue weighted by atomic mass is 31.2. The van der Waals surface area contributed by atoms with Crippen LogP contribution in [-0.2, 0) is 18.9 Å². The first-order valence-electron chi connectivity index (χ1n) is 3.48. The fourth-order valence-electron chi connectivity index (χ4n) is 0.143. The first-order chi connectivity index (χ1) is 7.36. The summed E-state index contributed by atoms with van der Waals surface area (Å²) in [6, 6.07) is 0. The van der Waals surface area contributed by atoms with E-state index in [2.05, 4.69) is 0 Å². The molecule has 0 aliphatic rings. The Labute approximate surface area is 94.7 Å². The fourth-order valence-corrected chi connectivity index (χ4v) is 0.143. The lowest BCUT2D eigenvalue weighted by Gasteiger charge is -1.82. The van der Waals surface area contributed by atoms with E-state index in [-0.39, 0.29) is 0 Å². The summed E-state index contributed by atoms with van der Waals surface area (Å²) in [6.07, 6.45) is 1.12. The third kappa shape index (κ3) is 202. The predicted molar refractivity (Wildman–Crippen MR) is 52.0 cm³/mol. The van der Waals surface area contributed by atoms with Crippen LogP contribution in [0.4, 0.5) is 0 Å². The molecule has 0 amide bonds. The van der Waals surface area contributed by atoms with Crippen molar-refractivity contribution in [2.24, 2.45) is 0 Å². The number of carboxylic acids is 3. The number of rotatable bonds is 2. The molecule has 0 aromatic carbocycles. The molecule has 0 aromatic rings. The number of aliphatic carboxylic acids is 3. The van der Waals surface area contributed by atoms with Gasteiger partial charge < -0.3 is 30.0 Å². The maximum absolute atomic E-state index is 9.55. The second-order valence-corrected chi connectivity index (χ2v) is 3.07. The van der Waals surface area contributed by atoms with Crippen LogP contribution in [0.2, 0.25) is 0 Å². The Kier molecular flexibility index (Phi) is 13.1. The summed E-state index contributed by atoms with van der Waals surface area (Å²) < 4.78 is 8.88. The maximum atomic E-state index is 9.55. The van der Waals surface area contributed by atoms with Crippen molar-refractivity contribution in [3.05, 3.63) is 12.2 Å². The monoisotopic (exact) mass is 274 g/mol. The molecule has 0 radical (unpaired) electrons. The van der Waals surface area contributed by atoms with Gasteiger partial charge in [0.25, 0.3) is 5.97 Å². The van der Waals surface area contributed by atoms with Gasteiger partial charge in [0.15, 0.2) is 0 Å². The van der Waals surface area contributed by atoms with Crippen molar-refractivity contribution in [3.8, 4) is 0 Å². The van der Waals surface area contributed by atoms with Crippen LogP contribution in [-0.4, -0.2) is 47.9 Å². The Morgan fingerprint density at radius 2 is 1.00 bits per heavy atom. The number of carboxylic acid groups (broad SMARTS) is 3. The van der Waals surface area contributed by atoms with E-state index in [1.165, 1.54) is 0 Å². The van der Waals surface area contributed by atoms with Crippen molar-refractivity contribution >= 4 is 25.7 Å². The summed E-state index contributed by atoms with van der Waals surface area (Å²) in [5.74, 6) is -3.35. The second-order valence-electron chi connectivity index (χ2n) is 2.04. The minimum Gasteiger partial charge on any atom is -0.481 e. The standard InChI is InChI=1S/C4H4O4.C2H4O2.H3O4P/c5-3(6)1-2-4(7)8;1-2(3)4;1-5(2,3)4/h1-2H,(H,5,6)(H,7,8);1H3,(H,3,4);(H3,1,2,3,4). The molecular formula is C6H11O10P. The van der Waals surface area contributed by atoms with Crippen molar-refractivity contribution in [1.29, 1.82) is 0 Å². The molecule has 0 atom stereocenters. The highest BCUT2D eigenvalue weighted by molar-refractivity contribution is 7.45. The zero-order chi connectivity index (χ0) is 14.6. The van der Waals surface area contributed by atoms with Crippen molar-refractivity contribution in [3.63, 3.8) is 0 Å². The summed E-state index contributed by atoms with van der Waals surface area (Å²) in [6.45, 7) is 1.08. The van der Waals surface area contributed by atoms with Crippen molar-refractivity contribution in [2.45, 2.75) is 6.92 Å². The Balaban J connectivity index is -0.000000188. The second kappa shape index (κ2) is 10.8. The van der Waals surface area contributed by atoms with E-state index in [1.54, 1.807) is 0 Å². The summed E-state index contributed by atoms with van der Waals surface area (Å²) in [5.41, 5.74) is 0. The van der Waals surface area contributed by atoms with E-state index < -0.39 is 25.7 Å². The van der Waals surface area contributed by atoms with Crippen LogP contribution in [0.5, 0.6) is 0 Å². The molecule has 0 heterocycles.